The molecule has 184 valence electrons. The molecule has 3 saturated heterocycles. The Hall–Kier alpha value is -1.39. The second-order valence-electron chi connectivity index (χ2n) is 9.30. The van der Waals surface area contributed by atoms with E-state index in [0.29, 0.717) is 18.5 Å². The maximum atomic E-state index is 12.5. The zero-order valence-corrected chi connectivity index (χ0v) is 22.5. The summed E-state index contributed by atoms with van der Waals surface area (Å²) in [6.45, 7) is 12.2. The number of benzene rings is 1. The SMILES string of the molecule is CCNC(=NCC1CCCN1Cc1ccccc1)N1CCN(CC(=O)N2CCCC2)CC1.I. The number of guanidine groups is 1. The van der Waals surface area contributed by atoms with Gasteiger partial charge in [0.25, 0.3) is 0 Å². The van der Waals surface area contributed by atoms with E-state index in [9.17, 15) is 4.79 Å². The third-order valence-corrected chi connectivity index (χ3v) is 7.00. The minimum absolute atomic E-state index is 0. The van der Waals surface area contributed by atoms with E-state index in [2.05, 4.69) is 57.3 Å². The van der Waals surface area contributed by atoms with E-state index >= 15 is 0 Å². The molecule has 0 bridgehead atoms. The number of nitrogens with one attached hydrogen (secondary N) is 1. The van der Waals surface area contributed by atoms with Gasteiger partial charge in [0.15, 0.2) is 5.96 Å². The lowest BCUT2D eigenvalue weighted by atomic mass is 10.2. The van der Waals surface area contributed by atoms with Gasteiger partial charge in [-0.1, -0.05) is 30.3 Å². The predicted molar refractivity (Wildman–Crippen MR) is 145 cm³/mol. The smallest absolute Gasteiger partial charge is 0.236 e. The van der Waals surface area contributed by atoms with Crippen LogP contribution < -0.4 is 5.32 Å². The summed E-state index contributed by atoms with van der Waals surface area (Å²) in [6, 6.07) is 11.3. The molecule has 3 heterocycles. The van der Waals surface area contributed by atoms with Crippen molar-refractivity contribution in [3.63, 3.8) is 0 Å². The van der Waals surface area contributed by atoms with Gasteiger partial charge < -0.3 is 15.1 Å². The van der Waals surface area contributed by atoms with E-state index in [1.54, 1.807) is 0 Å². The predicted octanol–water partition coefficient (Wildman–Crippen LogP) is 2.47. The van der Waals surface area contributed by atoms with Gasteiger partial charge in [-0.05, 0) is 44.7 Å². The number of halogens is 1. The molecule has 1 aromatic rings. The van der Waals surface area contributed by atoms with Gasteiger partial charge in [0.2, 0.25) is 5.91 Å². The average molecular weight is 569 g/mol. The highest BCUT2D eigenvalue weighted by atomic mass is 127. The first kappa shape index (κ1) is 26.2. The Kier molecular flexibility index (Phi) is 10.7. The Bertz CT molecular complexity index is 747. The highest BCUT2D eigenvalue weighted by Gasteiger charge is 2.27. The maximum Gasteiger partial charge on any atom is 0.236 e. The Labute approximate surface area is 216 Å². The summed E-state index contributed by atoms with van der Waals surface area (Å²) >= 11 is 0. The largest absolute Gasteiger partial charge is 0.357 e. The fourth-order valence-electron chi connectivity index (χ4n) is 5.12. The summed E-state index contributed by atoms with van der Waals surface area (Å²) in [7, 11) is 0. The molecule has 3 fully saturated rings. The normalized spacial score (nSPS) is 22.5. The van der Waals surface area contributed by atoms with Crippen molar-refractivity contribution in [2.24, 2.45) is 4.99 Å². The molecule has 0 radical (unpaired) electrons. The second-order valence-corrected chi connectivity index (χ2v) is 9.30. The number of hydrogen-bond acceptors (Lipinski definition) is 4. The van der Waals surface area contributed by atoms with Crippen molar-refractivity contribution < 1.29 is 4.79 Å². The molecular formula is C25H41IN6O. The Balaban J connectivity index is 0.00000306. The van der Waals surface area contributed by atoms with E-state index in [0.717, 1.165) is 84.2 Å². The minimum Gasteiger partial charge on any atom is -0.357 e. The van der Waals surface area contributed by atoms with Crippen LogP contribution >= 0.6 is 24.0 Å². The molecule has 4 rings (SSSR count). The molecule has 0 aliphatic carbocycles. The van der Waals surface area contributed by atoms with Gasteiger partial charge in [0, 0.05) is 58.4 Å². The first-order chi connectivity index (χ1) is 15.7. The number of rotatable bonds is 7. The highest BCUT2D eigenvalue weighted by molar-refractivity contribution is 14.0. The first-order valence-corrected chi connectivity index (χ1v) is 12.5. The molecule has 8 heteroatoms. The van der Waals surface area contributed by atoms with E-state index in [-0.39, 0.29) is 24.0 Å². The molecule has 1 aromatic carbocycles. The van der Waals surface area contributed by atoms with Crippen molar-refractivity contribution in [2.75, 3.05) is 65.4 Å². The van der Waals surface area contributed by atoms with Crippen LogP contribution in [0.2, 0.25) is 0 Å². The van der Waals surface area contributed by atoms with Crippen LogP contribution in [0.25, 0.3) is 0 Å². The van der Waals surface area contributed by atoms with Crippen LogP contribution in [0.1, 0.15) is 38.2 Å². The lowest BCUT2D eigenvalue weighted by Gasteiger charge is -2.37. The van der Waals surface area contributed by atoms with E-state index < -0.39 is 0 Å². The summed E-state index contributed by atoms with van der Waals surface area (Å²) in [6.07, 6.45) is 4.80. The van der Waals surface area contributed by atoms with Crippen molar-refractivity contribution in [3.8, 4) is 0 Å². The molecule has 7 nitrogen and oxygen atoms in total. The van der Waals surface area contributed by atoms with Crippen LogP contribution in [0, 0.1) is 0 Å². The molecular weight excluding hydrogens is 527 g/mol. The topological polar surface area (TPSA) is 54.4 Å². The molecule has 1 N–H and O–H groups in total. The minimum atomic E-state index is 0. The van der Waals surface area contributed by atoms with Crippen LogP contribution in [0.15, 0.2) is 35.3 Å². The molecule has 1 amide bonds. The average Bonchev–Trinajstić information content (AvgIpc) is 3.51. The summed E-state index contributed by atoms with van der Waals surface area (Å²) in [5, 5.41) is 3.50. The Morgan fingerprint density at radius 2 is 1.70 bits per heavy atom. The fourth-order valence-corrected chi connectivity index (χ4v) is 5.12. The lowest BCUT2D eigenvalue weighted by molar-refractivity contribution is -0.131. The first-order valence-electron chi connectivity index (χ1n) is 12.5. The standard InChI is InChI=1S/C25H40N6O.HI/c1-2-26-25(27-19-23-11-8-14-31(23)20-22-9-4-3-5-10-22)30-17-15-28(16-18-30)21-24(32)29-12-6-7-13-29;/h3-5,9-10,23H,2,6-8,11-21H2,1H3,(H,26,27);1H. The van der Waals surface area contributed by atoms with Gasteiger partial charge in [-0.2, -0.15) is 0 Å². The number of nitrogens with zero attached hydrogens (tertiary/aromatic N) is 5. The number of carbonyl (C=O) groups excluding carboxylic acids is 1. The van der Waals surface area contributed by atoms with Crippen molar-refractivity contribution in [1.82, 2.24) is 24.9 Å². The molecule has 1 unspecified atom stereocenters. The molecule has 33 heavy (non-hydrogen) atoms. The van der Waals surface area contributed by atoms with Crippen LogP contribution in [-0.4, -0.2) is 103 Å². The number of hydrogen-bond donors (Lipinski definition) is 1. The van der Waals surface area contributed by atoms with Gasteiger partial charge in [-0.15, -0.1) is 24.0 Å². The van der Waals surface area contributed by atoms with Crippen molar-refractivity contribution in [1.29, 1.82) is 0 Å². The van der Waals surface area contributed by atoms with Crippen LogP contribution in [-0.2, 0) is 11.3 Å². The molecule has 1 atom stereocenters. The molecule has 3 aliphatic rings. The summed E-state index contributed by atoms with van der Waals surface area (Å²) < 4.78 is 0. The van der Waals surface area contributed by atoms with Crippen LogP contribution in [0.5, 0.6) is 0 Å². The van der Waals surface area contributed by atoms with Gasteiger partial charge in [0.1, 0.15) is 0 Å². The number of aliphatic imine (C=N–C) groups is 1. The Morgan fingerprint density at radius 3 is 2.39 bits per heavy atom. The van der Waals surface area contributed by atoms with Crippen molar-refractivity contribution in [3.05, 3.63) is 35.9 Å². The van der Waals surface area contributed by atoms with E-state index in [4.69, 9.17) is 4.99 Å². The Morgan fingerprint density at radius 1 is 0.970 bits per heavy atom. The van der Waals surface area contributed by atoms with Crippen molar-refractivity contribution in [2.45, 2.75) is 45.2 Å². The van der Waals surface area contributed by atoms with Crippen molar-refractivity contribution >= 4 is 35.8 Å². The third kappa shape index (κ3) is 7.55. The summed E-state index contributed by atoms with van der Waals surface area (Å²) in [4.78, 5) is 26.8. The summed E-state index contributed by atoms with van der Waals surface area (Å²) in [5.74, 6) is 1.33. The molecule has 3 aliphatic heterocycles. The van der Waals surface area contributed by atoms with E-state index in [1.165, 1.54) is 18.4 Å². The highest BCUT2D eigenvalue weighted by Crippen LogP contribution is 2.20. The molecule has 0 spiro atoms. The van der Waals surface area contributed by atoms with Gasteiger partial charge in [-0.3, -0.25) is 19.6 Å². The maximum absolute atomic E-state index is 12.5. The molecule has 0 saturated carbocycles. The van der Waals surface area contributed by atoms with Gasteiger partial charge in [0.05, 0.1) is 13.1 Å². The number of likely N-dealkylation sites (tertiary alicyclic amines) is 2. The lowest BCUT2D eigenvalue weighted by Crippen LogP contribution is -2.54. The van der Waals surface area contributed by atoms with Gasteiger partial charge >= 0.3 is 0 Å². The monoisotopic (exact) mass is 568 g/mol. The van der Waals surface area contributed by atoms with E-state index in [1.807, 2.05) is 4.90 Å². The number of amides is 1. The number of carbonyl (C=O) groups is 1. The van der Waals surface area contributed by atoms with Crippen LogP contribution in [0.4, 0.5) is 0 Å². The van der Waals surface area contributed by atoms with Crippen LogP contribution in [0.3, 0.4) is 0 Å². The third-order valence-electron chi connectivity index (χ3n) is 7.00. The zero-order valence-electron chi connectivity index (χ0n) is 20.1. The number of piperazine rings is 1. The summed E-state index contributed by atoms with van der Waals surface area (Å²) in [5.41, 5.74) is 1.38. The fraction of sp³-hybridized carbons (Fsp3) is 0.680. The molecule has 0 aromatic heterocycles. The zero-order chi connectivity index (χ0) is 22.2. The second kappa shape index (κ2) is 13.5. The quantitative estimate of drug-likeness (QED) is 0.311. The van der Waals surface area contributed by atoms with Gasteiger partial charge in [-0.25, -0.2) is 0 Å².